The zero-order valence-corrected chi connectivity index (χ0v) is 17.8. The summed E-state index contributed by atoms with van der Waals surface area (Å²) in [6.45, 7) is 3.55. The van der Waals surface area contributed by atoms with Gasteiger partial charge in [-0.2, -0.15) is 0 Å². The van der Waals surface area contributed by atoms with Crippen LogP contribution in [0, 0.1) is 0 Å². The van der Waals surface area contributed by atoms with E-state index in [1.165, 1.54) is 0 Å². The number of ether oxygens (including phenoxy) is 1. The van der Waals surface area contributed by atoms with Gasteiger partial charge in [0.25, 0.3) is 0 Å². The average molecular weight is 421 g/mol. The number of aliphatic carboxylic acids is 1. The molecule has 7 nitrogen and oxygen atoms in total. The highest BCUT2D eigenvalue weighted by Crippen LogP contribution is 2.18. The minimum atomic E-state index is -0.757. The Bertz CT molecular complexity index is 619. The van der Waals surface area contributed by atoms with Crippen LogP contribution < -0.4 is 5.32 Å². The number of nitrogens with zero attached hydrogens (tertiary/aromatic N) is 1. The third-order valence-electron chi connectivity index (χ3n) is 5.47. The van der Waals surface area contributed by atoms with Crippen molar-refractivity contribution in [2.75, 3.05) is 32.8 Å². The Morgan fingerprint density at radius 3 is 2.20 bits per heavy atom. The fourth-order valence-corrected chi connectivity index (χ4v) is 3.72. The van der Waals surface area contributed by atoms with Crippen LogP contribution in [0.5, 0.6) is 0 Å². The Morgan fingerprint density at radius 2 is 1.57 bits per heavy atom. The fraction of sp³-hybridized carbons (Fsp3) is 0.652. The molecule has 168 valence electrons. The summed E-state index contributed by atoms with van der Waals surface area (Å²) < 4.78 is 5.40. The lowest BCUT2D eigenvalue weighted by molar-refractivity contribution is -0.137. The van der Waals surface area contributed by atoms with Gasteiger partial charge in [-0.15, -0.1) is 0 Å². The molecule has 0 bridgehead atoms. The zero-order valence-electron chi connectivity index (χ0n) is 17.8. The van der Waals surface area contributed by atoms with E-state index in [0.717, 1.165) is 57.2 Å². The van der Waals surface area contributed by atoms with Crippen molar-refractivity contribution >= 4 is 11.9 Å². The van der Waals surface area contributed by atoms with Gasteiger partial charge >= 0.3 is 5.97 Å². The highest BCUT2D eigenvalue weighted by atomic mass is 16.5. The summed E-state index contributed by atoms with van der Waals surface area (Å²) in [6.07, 6.45) is 5.32. The maximum atomic E-state index is 12.5. The number of carbonyl (C=O) groups is 2. The number of amides is 1. The van der Waals surface area contributed by atoms with Gasteiger partial charge < -0.3 is 20.3 Å². The van der Waals surface area contributed by atoms with Gasteiger partial charge in [0.2, 0.25) is 5.91 Å². The summed E-state index contributed by atoms with van der Waals surface area (Å²) in [7, 11) is 0. The summed E-state index contributed by atoms with van der Waals surface area (Å²) >= 11 is 0. The maximum absolute atomic E-state index is 12.5. The van der Waals surface area contributed by atoms with Crippen LogP contribution in [0.3, 0.4) is 0 Å². The molecule has 0 aliphatic carbocycles. The number of unbranched alkanes of at least 4 members (excludes halogenated alkanes) is 5. The molecule has 0 saturated carbocycles. The van der Waals surface area contributed by atoms with E-state index < -0.39 is 12.1 Å². The molecule has 0 radical (unpaired) electrons. The third kappa shape index (κ3) is 9.69. The molecule has 1 aromatic carbocycles. The molecule has 30 heavy (non-hydrogen) atoms. The lowest BCUT2D eigenvalue weighted by Gasteiger charge is -2.33. The van der Waals surface area contributed by atoms with Gasteiger partial charge in [0.1, 0.15) is 6.10 Å². The van der Waals surface area contributed by atoms with Gasteiger partial charge in [-0.25, -0.2) is 0 Å². The van der Waals surface area contributed by atoms with Crippen molar-refractivity contribution < 1.29 is 24.5 Å². The van der Waals surface area contributed by atoms with E-state index in [9.17, 15) is 14.7 Å². The number of benzene rings is 1. The number of hydrogen-bond acceptors (Lipinski definition) is 5. The number of carbonyl (C=O) groups excluding carboxylic acids is 1. The van der Waals surface area contributed by atoms with Crippen LogP contribution in [0.1, 0.15) is 63.0 Å². The smallest absolute Gasteiger partial charge is 0.303 e. The topological polar surface area (TPSA) is 99.1 Å². The van der Waals surface area contributed by atoms with Gasteiger partial charge in [0.05, 0.1) is 19.3 Å². The number of carboxylic acids is 1. The molecule has 1 heterocycles. The molecule has 3 N–H and O–H groups in total. The summed E-state index contributed by atoms with van der Waals surface area (Å²) in [4.78, 5) is 25.2. The summed E-state index contributed by atoms with van der Waals surface area (Å²) in [5, 5.41) is 22.6. The van der Waals surface area contributed by atoms with Gasteiger partial charge in [-0.05, 0) is 18.4 Å². The van der Waals surface area contributed by atoms with E-state index in [-0.39, 0.29) is 18.4 Å². The SMILES string of the molecule is O=C(O)CCCCCCCCC(=O)N[C@@H](CN1CCOCC1)[C@@H](O)c1ccccc1. The predicted molar refractivity (Wildman–Crippen MR) is 115 cm³/mol. The molecule has 7 heteroatoms. The van der Waals surface area contributed by atoms with E-state index in [4.69, 9.17) is 9.84 Å². The lowest BCUT2D eigenvalue weighted by atomic mass is 10.0. The number of rotatable bonds is 14. The molecule has 2 atom stereocenters. The van der Waals surface area contributed by atoms with Crippen LogP contribution in [0.25, 0.3) is 0 Å². The molecule has 2 rings (SSSR count). The number of aliphatic hydroxyl groups excluding tert-OH is 1. The van der Waals surface area contributed by atoms with Crippen LogP contribution in [0.15, 0.2) is 30.3 Å². The van der Waals surface area contributed by atoms with E-state index >= 15 is 0 Å². The minimum absolute atomic E-state index is 0.0332. The molecule has 1 saturated heterocycles. The number of hydrogen-bond donors (Lipinski definition) is 3. The molecule has 1 fully saturated rings. The first-order valence-electron chi connectivity index (χ1n) is 11.1. The predicted octanol–water partition coefficient (Wildman–Crippen LogP) is 2.74. The molecule has 1 aliphatic rings. The van der Waals surface area contributed by atoms with Crippen LogP contribution in [-0.4, -0.2) is 65.9 Å². The quantitative estimate of drug-likeness (QED) is 0.400. The van der Waals surface area contributed by atoms with E-state index in [2.05, 4.69) is 10.2 Å². The zero-order chi connectivity index (χ0) is 21.6. The van der Waals surface area contributed by atoms with E-state index in [0.29, 0.717) is 26.2 Å². The molecule has 1 aromatic rings. The molecule has 0 unspecified atom stereocenters. The first-order chi connectivity index (χ1) is 14.6. The van der Waals surface area contributed by atoms with Crippen LogP contribution in [0.4, 0.5) is 0 Å². The van der Waals surface area contributed by atoms with Crippen molar-refractivity contribution in [3.63, 3.8) is 0 Å². The molecular formula is C23H36N2O5. The fourth-order valence-electron chi connectivity index (χ4n) is 3.72. The van der Waals surface area contributed by atoms with Crippen molar-refractivity contribution in [1.82, 2.24) is 10.2 Å². The summed E-state index contributed by atoms with van der Waals surface area (Å²) in [5.74, 6) is -0.773. The second-order valence-electron chi connectivity index (χ2n) is 7.96. The van der Waals surface area contributed by atoms with Crippen LogP contribution in [-0.2, 0) is 14.3 Å². The van der Waals surface area contributed by atoms with Crippen molar-refractivity contribution in [1.29, 1.82) is 0 Å². The molecule has 1 aliphatic heterocycles. The Kier molecular flexibility index (Phi) is 11.4. The number of morpholine rings is 1. The Labute approximate surface area is 179 Å². The number of nitrogens with one attached hydrogen (secondary N) is 1. The van der Waals surface area contributed by atoms with Gasteiger partial charge in [0, 0.05) is 32.5 Å². The second-order valence-corrected chi connectivity index (χ2v) is 7.96. The number of carboxylic acid groups (broad SMARTS) is 1. The van der Waals surface area contributed by atoms with Gasteiger partial charge in [0.15, 0.2) is 0 Å². The molecule has 0 aromatic heterocycles. The summed E-state index contributed by atoms with van der Waals surface area (Å²) in [6, 6.07) is 9.09. The van der Waals surface area contributed by atoms with Crippen molar-refractivity contribution in [3.8, 4) is 0 Å². The normalized spacial score (nSPS) is 16.7. The maximum Gasteiger partial charge on any atom is 0.303 e. The first kappa shape index (κ1) is 24.3. The van der Waals surface area contributed by atoms with Gasteiger partial charge in [-0.1, -0.05) is 56.0 Å². The number of aliphatic hydroxyl groups is 1. The van der Waals surface area contributed by atoms with Crippen LogP contribution in [0.2, 0.25) is 0 Å². The molecule has 1 amide bonds. The van der Waals surface area contributed by atoms with Crippen LogP contribution >= 0.6 is 0 Å². The summed E-state index contributed by atoms with van der Waals surface area (Å²) in [5.41, 5.74) is 0.803. The Hall–Kier alpha value is -1.96. The van der Waals surface area contributed by atoms with E-state index in [1.807, 2.05) is 30.3 Å². The highest BCUT2D eigenvalue weighted by Gasteiger charge is 2.26. The van der Waals surface area contributed by atoms with Crippen molar-refractivity contribution in [2.45, 2.75) is 63.5 Å². The second kappa shape index (κ2) is 14.1. The molecular weight excluding hydrogens is 384 g/mol. The Balaban J connectivity index is 1.75. The van der Waals surface area contributed by atoms with Crippen molar-refractivity contribution in [2.24, 2.45) is 0 Å². The highest BCUT2D eigenvalue weighted by molar-refractivity contribution is 5.76. The standard InChI is InChI=1S/C23H36N2O5/c26-21(12-8-3-1-2-4-9-13-22(27)28)24-20(18-25-14-16-30-17-15-25)23(29)19-10-6-5-7-11-19/h5-7,10-11,20,23,29H,1-4,8-9,12-18H2,(H,24,26)(H,27,28)/t20-,23-/m0/s1. The molecule has 0 spiro atoms. The van der Waals surface area contributed by atoms with Gasteiger partial charge in [-0.3, -0.25) is 14.5 Å². The monoisotopic (exact) mass is 420 g/mol. The Morgan fingerprint density at radius 1 is 0.967 bits per heavy atom. The first-order valence-corrected chi connectivity index (χ1v) is 11.1. The largest absolute Gasteiger partial charge is 0.481 e. The average Bonchev–Trinajstić information content (AvgIpc) is 2.75. The third-order valence-corrected chi connectivity index (χ3v) is 5.47. The minimum Gasteiger partial charge on any atom is -0.481 e. The van der Waals surface area contributed by atoms with Crippen molar-refractivity contribution in [3.05, 3.63) is 35.9 Å². The van der Waals surface area contributed by atoms with E-state index in [1.54, 1.807) is 0 Å². The lowest BCUT2D eigenvalue weighted by Crippen LogP contribution is -2.49.